The van der Waals surface area contributed by atoms with Crippen LogP contribution in [0, 0.1) is 11.8 Å². The Morgan fingerprint density at radius 2 is 1.84 bits per heavy atom. The number of aliphatic hydroxyl groups excluding tert-OH is 1. The van der Waals surface area contributed by atoms with Gasteiger partial charge in [0, 0.05) is 45.0 Å². The van der Waals surface area contributed by atoms with E-state index in [1.165, 1.54) is 0 Å². The molecule has 10 heteroatoms. The van der Waals surface area contributed by atoms with Crippen LogP contribution in [0.4, 0.5) is 5.69 Å². The van der Waals surface area contributed by atoms with Crippen LogP contribution in [0.2, 0.25) is 0 Å². The maximum Gasteiger partial charge on any atom is 0.245 e. The van der Waals surface area contributed by atoms with Crippen molar-refractivity contribution in [3.05, 3.63) is 30.3 Å². The minimum Gasteiger partial charge on any atom is -0.396 e. The van der Waals surface area contributed by atoms with Crippen molar-refractivity contribution < 1.29 is 29.0 Å². The number of hydrogen-bond acceptors (Lipinski definition) is 7. The van der Waals surface area contributed by atoms with Crippen LogP contribution in [0.15, 0.2) is 30.3 Å². The second kappa shape index (κ2) is 10.7. The van der Waals surface area contributed by atoms with Crippen LogP contribution in [0.1, 0.15) is 32.6 Å². The molecule has 0 radical (unpaired) electrons. The summed E-state index contributed by atoms with van der Waals surface area (Å²) in [4.78, 5) is 45.0. The first-order valence-electron chi connectivity index (χ1n) is 13.4. The van der Waals surface area contributed by atoms with Crippen molar-refractivity contribution in [3.63, 3.8) is 0 Å². The molecule has 2 bridgehead atoms. The van der Waals surface area contributed by atoms with Gasteiger partial charge in [-0.2, -0.15) is 0 Å². The minimum atomic E-state index is -1.03. The molecule has 4 saturated heterocycles. The van der Waals surface area contributed by atoms with E-state index >= 15 is 0 Å². The summed E-state index contributed by atoms with van der Waals surface area (Å²) in [6.45, 7) is 6.46. The summed E-state index contributed by atoms with van der Waals surface area (Å²) in [6, 6.07) is 8.39. The molecule has 4 fully saturated rings. The predicted octanol–water partition coefficient (Wildman–Crippen LogP) is 0.611. The van der Waals surface area contributed by atoms with Gasteiger partial charge in [-0.1, -0.05) is 18.2 Å². The van der Waals surface area contributed by atoms with Gasteiger partial charge in [-0.3, -0.25) is 19.3 Å². The highest BCUT2D eigenvalue weighted by molar-refractivity contribution is 6.02. The lowest BCUT2D eigenvalue weighted by Crippen LogP contribution is -2.56. The average Bonchev–Trinajstić information content (AvgIpc) is 3.46. The number of morpholine rings is 1. The third-order valence-corrected chi connectivity index (χ3v) is 8.49. The molecule has 0 aromatic heterocycles. The average molecular weight is 515 g/mol. The molecule has 5 atom stereocenters. The summed E-state index contributed by atoms with van der Waals surface area (Å²) >= 11 is 0. The number of carbonyl (C=O) groups is 3. The molecule has 10 nitrogen and oxygen atoms in total. The van der Waals surface area contributed by atoms with Crippen molar-refractivity contribution in [2.45, 2.75) is 49.9 Å². The van der Waals surface area contributed by atoms with E-state index < -0.39 is 29.1 Å². The quantitative estimate of drug-likeness (QED) is 0.391. The van der Waals surface area contributed by atoms with Crippen LogP contribution in [0.25, 0.3) is 0 Å². The second-order valence-electron chi connectivity index (χ2n) is 10.8. The van der Waals surface area contributed by atoms with Gasteiger partial charge in [0.25, 0.3) is 0 Å². The maximum absolute atomic E-state index is 13.9. The highest BCUT2D eigenvalue weighted by atomic mass is 16.5. The summed E-state index contributed by atoms with van der Waals surface area (Å²) < 4.78 is 12.0. The van der Waals surface area contributed by atoms with Gasteiger partial charge in [0.15, 0.2) is 0 Å². The molecule has 0 saturated carbocycles. The molecule has 202 valence electrons. The molecular formula is C27H38N4O6. The Morgan fingerprint density at radius 3 is 2.57 bits per heavy atom. The fourth-order valence-corrected chi connectivity index (χ4v) is 6.76. The van der Waals surface area contributed by atoms with Crippen molar-refractivity contribution in [2.75, 3.05) is 57.9 Å². The zero-order valence-corrected chi connectivity index (χ0v) is 21.5. The molecule has 4 aliphatic rings. The first-order chi connectivity index (χ1) is 17.9. The molecule has 3 N–H and O–H groups in total. The van der Waals surface area contributed by atoms with Gasteiger partial charge in [0.2, 0.25) is 17.7 Å². The number of rotatable bonds is 10. The summed E-state index contributed by atoms with van der Waals surface area (Å²) in [5.41, 5.74) is -1.19. The number of fused-ring (bicyclic) bond motifs is 1. The van der Waals surface area contributed by atoms with E-state index in [0.29, 0.717) is 64.2 Å². The van der Waals surface area contributed by atoms with Gasteiger partial charge in [0.1, 0.15) is 11.6 Å². The number of ether oxygens (including phenoxy) is 2. The van der Waals surface area contributed by atoms with Crippen LogP contribution >= 0.6 is 0 Å². The van der Waals surface area contributed by atoms with Gasteiger partial charge in [-0.15, -0.1) is 0 Å². The van der Waals surface area contributed by atoms with Crippen LogP contribution in [0.5, 0.6) is 0 Å². The van der Waals surface area contributed by atoms with Gasteiger partial charge in [-0.05, 0) is 44.7 Å². The number of carbonyl (C=O) groups excluding carboxylic acids is 3. The Morgan fingerprint density at radius 1 is 1.08 bits per heavy atom. The smallest absolute Gasteiger partial charge is 0.245 e. The topological polar surface area (TPSA) is 120 Å². The van der Waals surface area contributed by atoms with Gasteiger partial charge in [-0.25, -0.2) is 0 Å². The number of unbranched alkanes of at least 4 members (excludes halogenated alkanes) is 1. The highest BCUT2D eigenvalue weighted by Crippen LogP contribution is 2.63. The van der Waals surface area contributed by atoms with Crippen molar-refractivity contribution in [3.8, 4) is 0 Å². The molecule has 1 spiro atoms. The summed E-state index contributed by atoms with van der Waals surface area (Å²) in [6.07, 6.45) is 2.25. The molecule has 0 aliphatic carbocycles. The first-order valence-corrected chi connectivity index (χ1v) is 13.4. The number of para-hydroxylation sites is 1. The van der Waals surface area contributed by atoms with Crippen molar-refractivity contribution in [2.24, 2.45) is 11.8 Å². The van der Waals surface area contributed by atoms with Gasteiger partial charge < -0.3 is 30.1 Å². The normalized spacial score (nSPS) is 33.0. The molecule has 2 unspecified atom stereocenters. The third kappa shape index (κ3) is 4.76. The molecule has 5 rings (SSSR count). The van der Waals surface area contributed by atoms with Crippen molar-refractivity contribution in [1.29, 1.82) is 0 Å². The Bertz CT molecular complexity index is 1000. The van der Waals surface area contributed by atoms with Crippen molar-refractivity contribution in [1.82, 2.24) is 15.1 Å². The van der Waals surface area contributed by atoms with E-state index in [0.717, 1.165) is 13.1 Å². The van der Waals surface area contributed by atoms with E-state index in [2.05, 4.69) is 15.5 Å². The molecule has 1 aromatic rings. The number of nitrogens with zero attached hydrogens (tertiary/aromatic N) is 2. The molecule has 37 heavy (non-hydrogen) atoms. The predicted molar refractivity (Wildman–Crippen MR) is 136 cm³/mol. The van der Waals surface area contributed by atoms with Crippen LogP contribution in [-0.2, 0) is 23.9 Å². The Hall–Kier alpha value is -2.53. The minimum absolute atomic E-state index is 0.0176. The number of likely N-dealkylation sites (tertiary alicyclic amines) is 1. The second-order valence-corrected chi connectivity index (χ2v) is 10.8. The summed E-state index contributed by atoms with van der Waals surface area (Å²) in [5.74, 6) is -2.11. The SMILES string of the molecule is C[C@@]12CCC3(O1)C(C(=O)NCCN1CCOCC1)N(CCCCO)C(=O)[C@@H]3[C@@H]2C(=O)Nc1ccccc1. The highest BCUT2D eigenvalue weighted by Gasteiger charge is 2.77. The monoisotopic (exact) mass is 514 g/mol. The van der Waals surface area contributed by atoms with E-state index in [9.17, 15) is 19.5 Å². The molecular weight excluding hydrogens is 476 g/mol. The third-order valence-electron chi connectivity index (χ3n) is 8.49. The number of nitrogens with one attached hydrogen (secondary N) is 2. The zero-order chi connectivity index (χ0) is 26.0. The maximum atomic E-state index is 13.9. The fourth-order valence-electron chi connectivity index (χ4n) is 6.76. The number of hydrogen-bond donors (Lipinski definition) is 3. The molecule has 4 aliphatic heterocycles. The lowest BCUT2D eigenvalue weighted by atomic mass is 9.66. The van der Waals surface area contributed by atoms with Crippen LogP contribution in [0.3, 0.4) is 0 Å². The lowest BCUT2D eigenvalue weighted by molar-refractivity contribution is -0.145. The Labute approximate surface area is 217 Å². The first kappa shape index (κ1) is 26.1. The number of anilines is 1. The summed E-state index contributed by atoms with van der Waals surface area (Å²) in [5, 5.41) is 15.3. The van der Waals surface area contributed by atoms with E-state index in [1.807, 2.05) is 37.3 Å². The molecule has 3 amide bonds. The Balaban J connectivity index is 1.37. The van der Waals surface area contributed by atoms with E-state index in [1.54, 1.807) is 4.90 Å². The van der Waals surface area contributed by atoms with E-state index in [-0.39, 0.29) is 24.3 Å². The van der Waals surface area contributed by atoms with Crippen LogP contribution < -0.4 is 10.6 Å². The van der Waals surface area contributed by atoms with Gasteiger partial charge in [0.05, 0.1) is 30.7 Å². The van der Waals surface area contributed by atoms with Crippen molar-refractivity contribution >= 4 is 23.4 Å². The number of benzene rings is 1. The number of aliphatic hydroxyl groups is 1. The van der Waals surface area contributed by atoms with Crippen LogP contribution in [-0.4, -0.2) is 102 Å². The lowest BCUT2D eigenvalue weighted by Gasteiger charge is -2.34. The molecule has 4 heterocycles. The standard InChI is InChI=1S/C27H38N4O6/c1-26-9-10-27(37-26)21(20(26)23(33)29-19-7-3-2-4-8-19)25(35)31(12-5-6-16-32)22(27)24(34)28-11-13-30-14-17-36-18-15-30/h2-4,7-8,20-22,32H,5-6,9-18H2,1H3,(H,28,34)(H,29,33)/t20-,21+,22?,26+,27?/m1/s1. The van der Waals surface area contributed by atoms with E-state index in [4.69, 9.17) is 9.47 Å². The fraction of sp³-hybridized carbons (Fsp3) is 0.667. The Kier molecular flexibility index (Phi) is 7.53. The molecule has 1 aromatic carbocycles. The number of amides is 3. The largest absolute Gasteiger partial charge is 0.396 e. The summed E-state index contributed by atoms with van der Waals surface area (Å²) in [7, 11) is 0. The zero-order valence-electron chi connectivity index (χ0n) is 21.5. The van der Waals surface area contributed by atoms with Gasteiger partial charge >= 0.3 is 0 Å².